The third-order valence-corrected chi connectivity index (χ3v) is 4.19. The molecule has 1 unspecified atom stereocenters. The Kier molecular flexibility index (Phi) is 7.91. The van der Waals surface area contributed by atoms with E-state index >= 15 is 0 Å². The highest BCUT2D eigenvalue weighted by Gasteiger charge is 2.13. The van der Waals surface area contributed by atoms with Crippen LogP contribution in [0.5, 0.6) is 0 Å². The van der Waals surface area contributed by atoms with Crippen molar-refractivity contribution < 1.29 is 0 Å². The van der Waals surface area contributed by atoms with Crippen LogP contribution in [0.2, 0.25) is 0 Å². The Balaban J connectivity index is 2.80. The molecule has 0 spiro atoms. The molecule has 0 aliphatic rings. The number of aryl methyl sites for hydroxylation is 1. The molecule has 0 saturated heterocycles. The van der Waals surface area contributed by atoms with Crippen LogP contribution in [0.4, 0.5) is 0 Å². The van der Waals surface area contributed by atoms with Crippen molar-refractivity contribution in [2.75, 3.05) is 13.6 Å². The van der Waals surface area contributed by atoms with E-state index in [1.54, 1.807) is 5.56 Å². The second-order valence-corrected chi connectivity index (χ2v) is 6.33. The maximum Gasteiger partial charge on any atom is -0.00230 e. The summed E-state index contributed by atoms with van der Waals surface area (Å²) in [4.78, 5) is 0. The highest BCUT2D eigenvalue weighted by molar-refractivity contribution is 5.34. The van der Waals surface area contributed by atoms with Crippen LogP contribution in [0, 0.1) is 12.8 Å². The van der Waals surface area contributed by atoms with Gasteiger partial charge in [-0.2, -0.15) is 0 Å². The molecule has 1 N–H and O–H groups in total. The van der Waals surface area contributed by atoms with E-state index in [1.165, 1.54) is 43.2 Å². The maximum absolute atomic E-state index is 3.27. The highest BCUT2D eigenvalue weighted by atomic mass is 14.8. The molecule has 1 rings (SSSR count). The molecular weight excluding hydrogens is 242 g/mol. The van der Waals surface area contributed by atoms with Crippen LogP contribution < -0.4 is 5.32 Å². The molecule has 0 bridgehead atoms. The summed E-state index contributed by atoms with van der Waals surface area (Å²) in [5.41, 5.74) is 4.56. The Hall–Kier alpha value is -0.820. The van der Waals surface area contributed by atoms with Gasteiger partial charge in [0.2, 0.25) is 0 Å². The Labute approximate surface area is 126 Å². The first kappa shape index (κ1) is 17.2. The maximum atomic E-state index is 3.27. The molecule has 0 aliphatic heterocycles. The fraction of sp³-hybridized carbons (Fsp3) is 0.684. The average Bonchev–Trinajstić information content (AvgIpc) is 2.39. The SMILES string of the molecule is CCCC(CCC)c1ccc(CC(C)CNC)cc1C. The molecule has 0 aliphatic carbocycles. The summed E-state index contributed by atoms with van der Waals surface area (Å²) >= 11 is 0. The summed E-state index contributed by atoms with van der Waals surface area (Å²) < 4.78 is 0. The number of benzene rings is 1. The molecule has 0 aromatic heterocycles. The summed E-state index contributed by atoms with van der Waals surface area (Å²) in [5.74, 6) is 1.46. The first-order valence-corrected chi connectivity index (χ1v) is 8.36. The zero-order chi connectivity index (χ0) is 15.0. The molecule has 0 radical (unpaired) electrons. The van der Waals surface area contributed by atoms with Crippen molar-refractivity contribution >= 4 is 0 Å². The lowest BCUT2D eigenvalue weighted by Crippen LogP contribution is -2.18. The second-order valence-electron chi connectivity index (χ2n) is 6.33. The van der Waals surface area contributed by atoms with Crippen LogP contribution in [-0.2, 0) is 6.42 Å². The van der Waals surface area contributed by atoms with Gasteiger partial charge in [-0.1, -0.05) is 51.8 Å². The topological polar surface area (TPSA) is 12.0 Å². The molecular formula is C19H33N. The summed E-state index contributed by atoms with van der Waals surface area (Å²) in [6.45, 7) is 10.3. The molecule has 1 aromatic rings. The molecule has 1 nitrogen and oxygen atoms in total. The van der Waals surface area contributed by atoms with E-state index in [2.05, 4.69) is 51.2 Å². The van der Waals surface area contributed by atoms with Gasteiger partial charge in [0, 0.05) is 0 Å². The van der Waals surface area contributed by atoms with E-state index in [0.29, 0.717) is 5.92 Å². The van der Waals surface area contributed by atoms with Crippen LogP contribution in [0.15, 0.2) is 18.2 Å². The summed E-state index contributed by atoms with van der Waals surface area (Å²) in [7, 11) is 2.03. The van der Waals surface area contributed by atoms with Crippen LogP contribution in [0.1, 0.15) is 69.1 Å². The fourth-order valence-electron chi connectivity index (χ4n) is 3.30. The third kappa shape index (κ3) is 5.28. The first-order valence-electron chi connectivity index (χ1n) is 8.36. The van der Waals surface area contributed by atoms with Gasteiger partial charge in [0.15, 0.2) is 0 Å². The summed E-state index contributed by atoms with van der Waals surface area (Å²) in [5, 5.41) is 3.27. The van der Waals surface area contributed by atoms with E-state index in [0.717, 1.165) is 12.5 Å². The molecule has 1 atom stereocenters. The Morgan fingerprint density at radius 3 is 2.25 bits per heavy atom. The summed E-state index contributed by atoms with van der Waals surface area (Å²) in [6, 6.07) is 7.17. The van der Waals surface area contributed by atoms with Crippen molar-refractivity contribution in [3.8, 4) is 0 Å². The van der Waals surface area contributed by atoms with Crippen LogP contribution >= 0.6 is 0 Å². The standard InChI is InChI=1S/C19H33N/c1-6-8-18(9-7-2)19-11-10-17(13-16(19)4)12-15(3)14-20-5/h10-11,13,15,18,20H,6-9,12,14H2,1-5H3. The molecule has 1 aromatic carbocycles. The Bertz CT molecular complexity index is 377. The van der Waals surface area contributed by atoms with Crippen molar-refractivity contribution in [3.63, 3.8) is 0 Å². The van der Waals surface area contributed by atoms with Crippen LogP contribution in [-0.4, -0.2) is 13.6 Å². The van der Waals surface area contributed by atoms with Crippen molar-refractivity contribution in [1.29, 1.82) is 0 Å². The van der Waals surface area contributed by atoms with Gasteiger partial charge in [0.25, 0.3) is 0 Å². The van der Waals surface area contributed by atoms with Gasteiger partial charge in [-0.3, -0.25) is 0 Å². The molecule has 0 amide bonds. The van der Waals surface area contributed by atoms with Gasteiger partial charge in [0.1, 0.15) is 0 Å². The van der Waals surface area contributed by atoms with Crippen LogP contribution in [0.25, 0.3) is 0 Å². The van der Waals surface area contributed by atoms with Crippen molar-refractivity contribution in [2.45, 2.75) is 65.7 Å². The van der Waals surface area contributed by atoms with Gasteiger partial charge < -0.3 is 5.32 Å². The van der Waals surface area contributed by atoms with Crippen molar-refractivity contribution in [3.05, 3.63) is 34.9 Å². The molecule has 0 saturated carbocycles. The average molecular weight is 275 g/mol. The van der Waals surface area contributed by atoms with E-state index < -0.39 is 0 Å². The molecule has 0 fully saturated rings. The monoisotopic (exact) mass is 275 g/mol. The van der Waals surface area contributed by atoms with E-state index in [-0.39, 0.29) is 0 Å². The van der Waals surface area contributed by atoms with Gasteiger partial charge >= 0.3 is 0 Å². The van der Waals surface area contributed by atoms with Crippen molar-refractivity contribution in [1.82, 2.24) is 5.32 Å². The molecule has 114 valence electrons. The normalized spacial score (nSPS) is 12.9. The van der Waals surface area contributed by atoms with E-state index in [4.69, 9.17) is 0 Å². The zero-order valence-electron chi connectivity index (χ0n) is 14.1. The largest absolute Gasteiger partial charge is 0.319 e. The zero-order valence-corrected chi connectivity index (χ0v) is 14.1. The smallest absolute Gasteiger partial charge is 0.00230 e. The van der Waals surface area contributed by atoms with Gasteiger partial charge in [-0.05, 0) is 68.3 Å². The van der Waals surface area contributed by atoms with Gasteiger partial charge in [-0.25, -0.2) is 0 Å². The molecule has 0 heterocycles. The lowest BCUT2D eigenvalue weighted by atomic mass is 9.86. The first-order chi connectivity index (χ1) is 9.62. The lowest BCUT2D eigenvalue weighted by molar-refractivity contribution is 0.540. The second kappa shape index (κ2) is 9.18. The third-order valence-electron chi connectivity index (χ3n) is 4.19. The quantitative estimate of drug-likeness (QED) is 0.663. The number of hydrogen-bond acceptors (Lipinski definition) is 1. The molecule has 1 heteroatoms. The number of hydrogen-bond donors (Lipinski definition) is 1. The predicted octanol–water partition coefficient (Wildman–Crippen LogP) is 5.08. The fourth-order valence-corrected chi connectivity index (χ4v) is 3.30. The van der Waals surface area contributed by atoms with E-state index in [1.807, 2.05) is 7.05 Å². The minimum absolute atomic E-state index is 0.701. The van der Waals surface area contributed by atoms with Crippen LogP contribution in [0.3, 0.4) is 0 Å². The predicted molar refractivity (Wildman–Crippen MR) is 90.5 cm³/mol. The highest BCUT2D eigenvalue weighted by Crippen LogP contribution is 2.29. The Morgan fingerprint density at radius 1 is 1.10 bits per heavy atom. The lowest BCUT2D eigenvalue weighted by Gasteiger charge is -2.20. The van der Waals surface area contributed by atoms with Gasteiger partial charge in [0.05, 0.1) is 0 Å². The minimum atomic E-state index is 0.701. The Morgan fingerprint density at radius 2 is 1.75 bits per heavy atom. The minimum Gasteiger partial charge on any atom is -0.319 e. The summed E-state index contributed by atoms with van der Waals surface area (Å²) in [6.07, 6.45) is 6.39. The van der Waals surface area contributed by atoms with Crippen molar-refractivity contribution in [2.24, 2.45) is 5.92 Å². The number of nitrogens with one attached hydrogen (secondary N) is 1. The van der Waals surface area contributed by atoms with Gasteiger partial charge in [-0.15, -0.1) is 0 Å². The number of rotatable bonds is 9. The van der Waals surface area contributed by atoms with E-state index in [9.17, 15) is 0 Å². The molecule has 20 heavy (non-hydrogen) atoms.